The lowest BCUT2D eigenvalue weighted by Gasteiger charge is -2.19. The summed E-state index contributed by atoms with van der Waals surface area (Å²) in [5, 5.41) is 6.07. The molecule has 0 bridgehead atoms. The number of nitrogens with one attached hydrogen (secondary N) is 2. The average molecular weight is 376 g/mol. The van der Waals surface area contributed by atoms with Crippen molar-refractivity contribution in [3.8, 4) is 11.5 Å². The second kappa shape index (κ2) is 7.56. The number of ether oxygens (including phenoxy) is 2. The molecule has 7 heteroatoms. The van der Waals surface area contributed by atoms with Crippen LogP contribution in [0.4, 0.5) is 17.2 Å². The van der Waals surface area contributed by atoms with E-state index in [1.54, 1.807) is 24.3 Å². The molecular weight excluding hydrogens is 356 g/mol. The smallest absolute Gasteiger partial charge is 0.274 e. The lowest BCUT2D eigenvalue weighted by Crippen LogP contribution is -2.17. The number of nitrogens with zero attached hydrogens (tertiary/aromatic N) is 2. The minimum absolute atomic E-state index is 0.262. The first-order chi connectivity index (χ1) is 13.6. The fourth-order valence-corrected chi connectivity index (χ4v) is 2.89. The van der Waals surface area contributed by atoms with Crippen LogP contribution in [0.2, 0.25) is 0 Å². The number of amides is 1. The Morgan fingerprint density at radius 1 is 1.00 bits per heavy atom. The number of rotatable bonds is 4. The molecule has 0 atom stereocenters. The van der Waals surface area contributed by atoms with Gasteiger partial charge in [0.15, 0.2) is 11.5 Å². The number of anilines is 3. The van der Waals surface area contributed by atoms with Gasteiger partial charge in [-0.15, -0.1) is 0 Å². The molecule has 0 saturated heterocycles. The fraction of sp³-hybridized carbons (Fsp3) is 0.190. The Balaban J connectivity index is 1.51. The van der Waals surface area contributed by atoms with Crippen LogP contribution >= 0.6 is 0 Å². The minimum atomic E-state index is -0.330. The molecule has 2 N–H and O–H groups in total. The monoisotopic (exact) mass is 376 g/mol. The molecule has 4 rings (SSSR count). The lowest BCUT2D eigenvalue weighted by molar-refractivity contribution is 0.102. The van der Waals surface area contributed by atoms with E-state index in [-0.39, 0.29) is 11.6 Å². The molecule has 0 unspecified atom stereocenters. The van der Waals surface area contributed by atoms with Gasteiger partial charge in [0.05, 0.1) is 0 Å². The predicted octanol–water partition coefficient (Wildman–Crippen LogP) is 3.86. The molecule has 28 heavy (non-hydrogen) atoms. The van der Waals surface area contributed by atoms with Gasteiger partial charge in [0, 0.05) is 23.5 Å². The van der Waals surface area contributed by atoms with Gasteiger partial charge in [0.2, 0.25) is 0 Å². The van der Waals surface area contributed by atoms with Crippen LogP contribution in [-0.2, 0) is 0 Å². The van der Waals surface area contributed by atoms with Crippen LogP contribution < -0.4 is 20.1 Å². The number of aryl methyl sites for hydroxylation is 1. The highest BCUT2D eigenvalue weighted by molar-refractivity contribution is 6.03. The number of benzene rings is 2. The predicted molar refractivity (Wildman–Crippen MR) is 107 cm³/mol. The van der Waals surface area contributed by atoms with Crippen LogP contribution in [0, 0.1) is 13.8 Å². The number of aromatic nitrogens is 2. The third-order valence-corrected chi connectivity index (χ3v) is 4.57. The SMILES string of the molecule is Cc1cccc(Nc2cc(C(=O)Nc3ccc4c(c3)OCCO4)ncn2)c1C. The number of carbonyl (C=O) groups is 1. The van der Waals surface area contributed by atoms with Crippen LogP contribution in [0.3, 0.4) is 0 Å². The van der Waals surface area contributed by atoms with E-state index < -0.39 is 0 Å². The van der Waals surface area contributed by atoms with E-state index in [4.69, 9.17) is 9.47 Å². The maximum absolute atomic E-state index is 12.6. The second-order valence-electron chi connectivity index (χ2n) is 6.47. The van der Waals surface area contributed by atoms with Crippen molar-refractivity contribution in [2.45, 2.75) is 13.8 Å². The quantitative estimate of drug-likeness (QED) is 0.719. The van der Waals surface area contributed by atoms with E-state index in [1.165, 1.54) is 11.9 Å². The zero-order valence-corrected chi connectivity index (χ0v) is 15.7. The molecule has 3 aromatic rings. The number of hydrogen-bond acceptors (Lipinski definition) is 6. The van der Waals surface area contributed by atoms with Crippen molar-refractivity contribution in [2.24, 2.45) is 0 Å². The Hall–Kier alpha value is -3.61. The number of carbonyl (C=O) groups excluding carboxylic acids is 1. The van der Waals surface area contributed by atoms with Gasteiger partial charge in [-0.3, -0.25) is 4.79 Å². The van der Waals surface area contributed by atoms with Gasteiger partial charge >= 0.3 is 0 Å². The van der Waals surface area contributed by atoms with Gasteiger partial charge in [-0.05, 0) is 43.2 Å². The summed E-state index contributed by atoms with van der Waals surface area (Å²) < 4.78 is 11.0. The third-order valence-electron chi connectivity index (χ3n) is 4.57. The van der Waals surface area contributed by atoms with Crippen molar-refractivity contribution >= 4 is 23.1 Å². The molecule has 0 saturated carbocycles. The van der Waals surface area contributed by atoms with Gasteiger partial charge in [0.25, 0.3) is 5.91 Å². The highest BCUT2D eigenvalue weighted by Crippen LogP contribution is 2.32. The maximum atomic E-state index is 12.6. The molecule has 1 aromatic heterocycles. The molecule has 0 radical (unpaired) electrons. The van der Waals surface area contributed by atoms with Crippen LogP contribution in [0.5, 0.6) is 11.5 Å². The summed E-state index contributed by atoms with van der Waals surface area (Å²) in [7, 11) is 0. The summed E-state index contributed by atoms with van der Waals surface area (Å²) in [6, 6.07) is 12.9. The van der Waals surface area contributed by atoms with Crippen molar-refractivity contribution in [3.63, 3.8) is 0 Å². The Morgan fingerprint density at radius 3 is 2.68 bits per heavy atom. The first kappa shape index (κ1) is 17.8. The third kappa shape index (κ3) is 3.73. The summed E-state index contributed by atoms with van der Waals surface area (Å²) >= 11 is 0. The number of fused-ring (bicyclic) bond motifs is 1. The van der Waals surface area contributed by atoms with E-state index in [2.05, 4.69) is 20.6 Å². The molecule has 0 spiro atoms. The van der Waals surface area contributed by atoms with E-state index in [0.717, 1.165) is 11.3 Å². The topological polar surface area (TPSA) is 85.4 Å². The highest BCUT2D eigenvalue weighted by Gasteiger charge is 2.14. The van der Waals surface area contributed by atoms with E-state index in [1.807, 2.05) is 32.0 Å². The molecule has 142 valence electrons. The Bertz CT molecular complexity index is 1040. The standard InChI is InChI=1S/C21H20N4O3/c1-13-4-3-5-16(14(13)2)25-20-11-17(22-12-23-20)21(26)24-15-6-7-18-19(10-15)28-9-8-27-18/h3-7,10-12H,8-9H2,1-2H3,(H,24,26)(H,22,23,25). The Morgan fingerprint density at radius 2 is 1.82 bits per heavy atom. The zero-order valence-electron chi connectivity index (χ0n) is 15.7. The summed E-state index contributed by atoms with van der Waals surface area (Å²) in [5.41, 5.74) is 4.12. The van der Waals surface area contributed by atoms with Crippen molar-refractivity contribution in [2.75, 3.05) is 23.8 Å². The van der Waals surface area contributed by atoms with Crippen LogP contribution in [0.25, 0.3) is 0 Å². The van der Waals surface area contributed by atoms with Gasteiger partial charge in [0.1, 0.15) is 31.1 Å². The first-order valence-corrected chi connectivity index (χ1v) is 8.96. The zero-order chi connectivity index (χ0) is 19.5. The van der Waals surface area contributed by atoms with Gasteiger partial charge < -0.3 is 20.1 Å². The first-order valence-electron chi connectivity index (χ1n) is 8.96. The van der Waals surface area contributed by atoms with Gasteiger partial charge in [-0.25, -0.2) is 9.97 Å². The molecule has 1 aliphatic heterocycles. The maximum Gasteiger partial charge on any atom is 0.274 e. The normalized spacial score (nSPS) is 12.4. The van der Waals surface area contributed by atoms with Gasteiger partial charge in [-0.2, -0.15) is 0 Å². The summed E-state index contributed by atoms with van der Waals surface area (Å²) in [4.78, 5) is 20.9. The molecule has 7 nitrogen and oxygen atoms in total. The summed E-state index contributed by atoms with van der Waals surface area (Å²) in [6.07, 6.45) is 1.37. The largest absolute Gasteiger partial charge is 0.486 e. The van der Waals surface area contributed by atoms with Crippen molar-refractivity contribution in [1.82, 2.24) is 9.97 Å². The summed E-state index contributed by atoms with van der Waals surface area (Å²) in [6.45, 7) is 5.10. The second-order valence-corrected chi connectivity index (χ2v) is 6.47. The minimum Gasteiger partial charge on any atom is -0.486 e. The molecule has 2 heterocycles. The number of hydrogen-bond donors (Lipinski definition) is 2. The van der Waals surface area contributed by atoms with Crippen LogP contribution in [-0.4, -0.2) is 29.1 Å². The molecular formula is C21H20N4O3. The van der Waals surface area contributed by atoms with Crippen molar-refractivity contribution < 1.29 is 14.3 Å². The molecule has 1 aliphatic rings. The Kier molecular flexibility index (Phi) is 4.80. The van der Waals surface area contributed by atoms with Crippen LogP contribution in [0.1, 0.15) is 21.6 Å². The Labute approximate surface area is 162 Å². The lowest BCUT2D eigenvalue weighted by atomic mass is 10.1. The highest BCUT2D eigenvalue weighted by atomic mass is 16.6. The van der Waals surface area contributed by atoms with Crippen molar-refractivity contribution in [1.29, 1.82) is 0 Å². The van der Waals surface area contributed by atoms with E-state index in [9.17, 15) is 4.79 Å². The van der Waals surface area contributed by atoms with Crippen LogP contribution in [0.15, 0.2) is 48.8 Å². The van der Waals surface area contributed by atoms with Crippen molar-refractivity contribution in [3.05, 3.63) is 65.6 Å². The molecule has 0 aliphatic carbocycles. The van der Waals surface area contributed by atoms with E-state index >= 15 is 0 Å². The average Bonchev–Trinajstić information content (AvgIpc) is 2.71. The fourth-order valence-electron chi connectivity index (χ4n) is 2.89. The van der Waals surface area contributed by atoms with E-state index in [0.29, 0.717) is 36.2 Å². The molecule has 0 fully saturated rings. The summed E-state index contributed by atoms with van der Waals surface area (Å²) in [5.74, 6) is 1.51. The molecule has 2 aromatic carbocycles. The molecule has 1 amide bonds. The van der Waals surface area contributed by atoms with Gasteiger partial charge in [-0.1, -0.05) is 12.1 Å².